The molecule has 1 aliphatic rings. The first-order chi connectivity index (χ1) is 12.3. The predicted octanol–water partition coefficient (Wildman–Crippen LogP) is 2.87. The number of alkyl halides is 3. The van der Waals surface area contributed by atoms with E-state index in [0.717, 1.165) is 25.9 Å². The van der Waals surface area contributed by atoms with E-state index in [1.54, 1.807) is 17.7 Å². The lowest BCUT2D eigenvalue weighted by atomic mass is 10.1. The number of halogens is 3. The van der Waals surface area contributed by atoms with Gasteiger partial charge in [0.2, 0.25) is 0 Å². The first-order valence-electron chi connectivity index (χ1n) is 8.43. The smallest absolute Gasteiger partial charge is 0.321 e. The summed E-state index contributed by atoms with van der Waals surface area (Å²) in [7, 11) is 0. The zero-order valence-corrected chi connectivity index (χ0v) is 14.3. The molecule has 1 aliphatic heterocycles. The Morgan fingerprint density at radius 1 is 1.35 bits per heavy atom. The van der Waals surface area contributed by atoms with E-state index < -0.39 is 18.5 Å². The van der Waals surface area contributed by atoms with Gasteiger partial charge in [0.15, 0.2) is 5.69 Å². The average Bonchev–Trinajstić information content (AvgIpc) is 2.96. The summed E-state index contributed by atoms with van der Waals surface area (Å²) in [6.45, 7) is 3.55. The van der Waals surface area contributed by atoms with Crippen LogP contribution in [0.4, 0.5) is 18.9 Å². The highest BCUT2D eigenvalue weighted by atomic mass is 19.4. The number of hydrogen-bond donors (Lipinski definition) is 2. The molecule has 0 unspecified atom stereocenters. The van der Waals surface area contributed by atoms with Crippen molar-refractivity contribution in [3.8, 4) is 0 Å². The van der Waals surface area contributed by atoms with Gasteiger partial charge in [-0.15, -0.1) is 5.10 Å². The van der Waals surface area contributed by atoms with Crippen LogP contribution in [0.15, 0.2) is 24.3 Å². The second kappa shape index (κ2) is 7.45. The van der Waals surface area contributed by atoms with E-state index in [0.29, 0.717) is 11.4 Å². The quantitative estimate of drug-likeness (QED) is 0.872. The molecule has 1 fully saturated rings. The van der Waals surface area contributed by atoms with Crippen molar-refractivity contribution in [3.63, 3.8) is 0 Å². The normalized spacial score (nSPS) is 15.8. The largest absolute Gasteiger partial charge is 0.393 e. The molecule has 0 aliphatic carbocycles. The van der Waals surface area contributed by atoms with Gasteiger partial charge in [0.1, 0.15) is 0 Å². The number of piperidine rings is 1. The molecule has 2 aromatic rings. The molecule has 0 spiro atoms. The zero-order valence-electron chi connectivity index (χ0n) is 14.3. The molecule has 26 heavy (non-hydrogen) atoms. The molecule has 0 radical (unpaired) electrons. The minimum absolute atomic E-state index is 0.0883. The lowest BCUT2D eigenvalue weighted by Crippen LogP contribution is -2.30. The van der Waals surface area contributed by atoms with E-state index in [9.17, 15) is 18.0 Å². The standard InChI is InChI=1S/C17H20F3N5O/c1-11-15(23-24-25(11)14-5-7-21-8-6-14)16(26)22-13-4-2-3-12(9-13)10-17(18,19)20/h2-4,9,14,21H,5-8,10H2,1H3,(H,22,26). The van der Waals surface area contributed by atoms with Crippen molar-refractivity contribution in [2.75, 3.05) is 18.4 Å². The van der Waals surface area contributed by atoms with E-state index in [-0.39, 0.29) is 17.3 Å². The van der Waals surface area contributed by atoms with Crippen LogP contribution in [-0.4, -0.2) is 40.2 Å². The number of aromatic nitrogens is 3. The Morgan fingerprint density at radius 3 is 2.77 bits per heavy atom. The van der Waals surface area contributed by atoms with E-state index >= 15 is 0 Å². The fourth-order valence-corrected chi connectivity index (χ4v) is 3.13. The number of rotatable bonds is 4. The summed E-state index contributed by atoms with van der Waals surface area (Å²) in [5, 5.41) is 13.9. The van der Waals surface area contributed by atoms with Gasteiger partial charge in [-0.1, -0.05) is 17.3 Å². The van der Waals surface area contributed by atoms with Gasteiger partial charge in [0.05, 0.1) is 18.2 Å². The fourth-order valence-electron chi connectivity index (χ4n) is 3.13. The maximum atomic E-state index is 12.5. The lowest BCUT2D eigenvalue weighted by molar-refractivity contribution is -0.127. The summed E-state index contributed by atoms with van der Waals surface area (Å²) < 4.78 is 39.3. The summed E-state index contributed by atoms with van der Waals surface area (Å²) in [4.78, 5) is 12.5. The van der Waals surface area contributed by atoms with E-state index in [1.165, 1.54) is 18.2 Å². The molecular weight excluding hydrogens is 347 g/mol. The number of nitrogens with zero attached hydrogens (tertiary/aromatic N) is 3. The number of carbonyl (C=O) groups excluding carboxylic acids is 1. The number of benzene rings is 1. The number of hydrogen-bond acceptors (Lipinski definition) is 4. The Morgan fingerprint density at radius 2 is 2.08 bits per heavy atom. The van der Waals surface area contributed by atoms with Crippen molar-refractivity contribution in [1.82, 2.24) is 20.3 Å². The maximum Gasteiger partial charge on any atom is 0.393 e. The predicted molar refractivity (Wildman–Crippen MR) is 90.1 cm³/mol. The Kier molecular flexibility index (Phi) is 5.26. The van der Waals surface area contributed by atoms with Crippen molar-refractivity contribution >= 4 is 11.6 Å². The van der Waals surface area contributed by atoms with Crippen molar-refractivity contribution in [1.29, 1.82) is 0 Å². The molecule has 1 amide bonds. The van der Waals surface area contributed by atoms with Crippen LogP contribution in [-0.2, 0) is 6.42 Å². The second-order valence-corrected chi connectivity index (χ2v) is 6.40. The summed E-state index contributed by atoms with van der Waals surface area (Å²) in [6, 6.07) is 5.92. The fraction of sp³-hybridized carbons (Fsp3) is 0.471. The Balaban J connectivity index is 1.72. The minimum Gasteiger partial charge on any atom is -0.321 e. The van der Waals surface area contributed by atoms with Crippen LogP contribution in [0.2, 0.25) is 0 Å². The van der Waals surface area contributed by atoms with Crippen molar-refractivity contribution < 1.29 is 18.0 Å². The molecule has 1 aromatic carbocycles. The van der Waals surface area contributed by atoms with Crippen molar-refractivity contribution in [2.24, 2.45) is 0 Å². The maximum absolute atomic E-state index is 12.5. The summed E-state index contributed by atoms with van der Waals surface area (Å²) in [5.41, 5.74) is 1.23. The number of anilines is 1. The highest BCUT2D eigenvalue weighted by Crippen LogP contribution is 2.24. The Labute approximate surface area is 148 Å². The van der Waals surface area contributed by atoms with Crippen LogP contribution in [0.5, 0.6) is 0 Å². The first-order valence-corrected chi connectivity index (χ1v) is 8.43. The third kappa shape index (κ3) is 4.40. The summed E-state index contributed by atoms with van der Waals surface area (Å²) in [5.74, 6) is -0.480. The van der Waals surface area contributed by atoms with Gasteiger partial charge in [0.25, 0.3) is 5.91 Å². The van der Waals surface area contributed by atoms with Gasteiger partial charge >= 0.3 is 6.18 Å². The number of carbonyl (C=O) groups is 1. The monoisotopic (exact) mass is 367 g/mol. The van der Waals surface area contributed by atoms with Crippen LogP contribution >= 0.6 is 0 Å². The van der Waals surface area contributed by atoms with Crippen LogP contribution < -0.4 is 10.6 Å². The van der Waals surface area contributed by atoms with Crippen LogP contribution in [0.1, 0.15) is 40.6 Å². The van der Waals surface area contributed by atoms with Crippen molar-refractivity contribution in [3.05, 3.63) is 41.2 Å². The molecule has 0 bridgehead atoms. The number of nitrogens with one attached hydrogen (secondary N) is 2. The first kappa shape index (κ1) is 18.4. The van der Waals surface area contributed by atoms with Crippen molar-refractivity contribution in [2.45, 2.75) is 38.4 Å². The SMILES string of the molecule is Cc1c(C(=O)Nc2cccc(CC(F)(F)F)c2)nnn1C1CCNCC1. The molecule has 0 atom stereocenters. The highest BCUT2D eigenvalue weighted by Gasteiger charge is 2.28. The molecular formula is C17H20F3N5O. The van der Waals surface area contributed by atoms with Crippen LogP contribution in [0, 0.1) is 6.92 Å². The van der Waals surface area contributed by atoms with Gasteiger partial charge < -0.3 is 10.6 Å². The molecule has 6 nitrogen and oxygen atoms in total. The van der Waals surface area contributed by atoms with Crippen LogP contribution in [0.25, 0.3) is 0 Å². The third-order valence-electron chi connectivity index (χ3n) is 4.39. The van der Waals surface area contributed by atoms with Gasteiger partial charge in [-0.3, -0.25) is 4.79 Å². The van der Waals surface area contributed by atoms with Gasteiger partial charge in [-0.05, 0) is 50.6 Å². The molecule has 1 aromatic heterocycles. The molecule has 3 rings (SSSR count). The van der Waals surface area contributed by atoms with Gasteiger partial charge in [-0.25, -0.2) is 4.68 Å². The topological polar surface area (TPSA) is 71.8 Å². The van der Waals surface area contributed by atoms with Gasteiger partial charge in [-0.2, -0.15) is 13.2 Å². The molecule has 2 heterocycles. The van der Waals surface area contributed by atoms with Gasteiger partial charge in [0, 0.05) is 5.69 Å². The Hall–Kier alpha value is -2.42. The molecule has 1 saturated heterocycles. The van der Waals surface area contributed by atoms with E-state index in [4.69, 9.17) is 0 Å². The summed E-state index contributed by atoms with van der Waals surface area (Å²) in [6.07, 6.45) is -3.52. The highest BCUT2D eigenvalue weighted by molar-refractivity contribution is 6.03. The van der Waals surface area contributed by atoms with Crippen LogP contribution in [0.3, 0.4) is 0 Å². The molecule has 2 N–H and O–H groups in total. The Bertz CT molecular complexity index is 781. The van der Waals surface area contributed by atoms with E-state index in [2.05, 4.69) is 20.9 Å². The zero-order chi connectivity index (χ0) is 18.7. The lowest BCUT2D eigenvalue weighted by Gasteiger charge is -2.23. The molecule has 9 heteroatoms. The number of amides is 1. The average molecular weight is 367 g/mol. The minimum atomic E-state index is -4.29. The second-order valence-electron chi connectivity index (χ2n) is 6.40. The summed E-state index contributed by atoms with van der Waals surface area (Å²) >= 11 is 0. The third-order valence-corrected chi connectivity index (χ3v) is 4.39. The molecule has 140 valence electrons. The van der Waals surface area contributed by atoms with E-state index in [1.807, 2.05) is 0 Å². The molecule has 0 saturated carbocycles.